The first-order valence-electron chi connectivity index (χ1n) is 8.82. The summed E-state index contributed by atoms with van der Waals surface area (Å²) in [5, 5.41) is 15.0. The maximum absolute atomic E-state index is 12.5. The van der Waals surface area contributed by atoms with Crippen molar-refractivity contribution >= 4 is 17.7 Å². The van der Waals surface area contributed by atoms with E-state index >= 15 is 0 Å². The quantitative estimate of drug-likeness (QED) is 0.612. The number of thioether (sulfide) groups is 1. The Bertz CT molecular complexity index is 963. The molecule has 0 bridgehead atoms. The van der Waals surface area contributed by atoms with E-state index in [1.54, 1.807) is 4.68 Å². The van der Waals surface area contributed by atoms with Gasteiger partial charge in [-0.2, -0.15) is 0 Å². The predicted molar refractivity (Wildman–Crippen MR) is 103 cm³/mol. The zero-order chi connectivity index (χ0) is 19.3. The molecule has 1 aliphatic heterocycles. The molecule has 1 N–H and O–H groups in total. The first kappa shape index (κ1) is 18.3. The van der Waals surface area contributed by atoms with Crippen LogP contribution in [0.5, 0.6) is 11.5 Å². The van der Waals surface area contributed by atoms with Crippen LogP contribution in [0.4, 0.5) is 0 Å². The van der Waals surface area contributed by atoms with Crippen molar-refractivity contribution in [2.45, 2.75) is 30.4 Å². The van der Waals surface area contributed by atoms with Crippen LogP contribution in [0.3, 0.4) is 0 Å². The minimum atomic E-state index is -0.338. The third-order valence-corrected chi connectivity index (χ3v) is 5.30. The van der Waals surface area contributed by atoms with Gasteiger partial charge in [0.25, 0.3) is 0 Å². The second-order valence-electron chi connectivity index (χ2n) is 6.27. The molecule has 0 unspecified atom stereocenters. The van der Waals surface area contributed by atoms with Gasteiger partial charge in [0, 0.05) is 6.54 Å². The highest BCUT2D eigenvalue weighted by Crippen LogP contribution is 2.32. The van der Waals surface area contributed by atoms with Crippen molar-refractivity contribution in [1.82, 2.24) is 25.5 Å². The summed E-state index contributed by atoms with van der Waals surface area (Å²) in [4.78, 5) is 12.5. The number of aromatic nitrogens is 4. The van der Waals surface area contributed by atoms with Crippen LogP contribution in [0.2, 0.25) is 0 Å². The maximum Gasteiger partial charge on any atom is 0.233 e. The Kier molecular flexibility index (Phi) is 5.43. The minimum absolute atomic E-state index is 0.0862. The number of rotatable bonds is 7. The molecule has 1 aliphatic rings. The lowest BCUT2D eigenvalue weighted by Crippen LogP contribution is -2.30. The summed E-state index contributed by atoms with van der Waals surface area (Å²) in [5.74, 6) is 1.34. The molecule has 8 nitrogen and oxygen atoms in total. The largest absolute Gasteiger partial charge is 0.454 e. The first-order chi connectivity index (χ1) is 13.7. The Labute approximate surface area is 166 Å². The number of fused-ring (bicyclic) bond motifs is 1. The normalized spacial score (nSPS) is 13.3. The Balaban J connectivity index is 1.33. The molecule has 28 heavy (non-hydrogen) atoms. The third-order valence-electron chi connectivity index (χ3n) is 4.23. The first-order valence-corrected chi connectivity index (χ1v) is 9.70. The topological polar surface area (TPSA) is 91.2 Å². The van der Waals surface area contributed by atoms with Crippen LogP contribution in [0.15, 0.2) is 53.7 Å². The Hall–Kier alpha value is -3.07. The van der Waals surface area contributed by atoms with Gasteiger partial charge < -0.3 is 14.8 Å². The second kappa shape index (κ2) is 8.30. The highest BCUT2D eigenvalue weighted by atomic mass is 32.2. The van der Waals surface area contributed by atoms with Crippen LogP contribution in [0.25, 0.3) is 0 Å². The zero-order valence-corrected chi connectivity index (χ0v) is 16.1. The van der Waals surface area contributed by atoms with Crippen molar-refractivity contribution < 1.29 is 14.3 Å². The number of hydrogen-bond acceptors (Lipinski definition) is 7. The molecular formula is C19H19N5O3S. The zero-order valence-electron chi connectivity index (χ0n) is 15.2. The molecule has 0 fully saturated rings. The van der Waals surface area contributed by atoms with Gasteiger partial charge in [-0.15, -0.1) is 5.10 Å². The number of benzene rings is 2. The van der Waals surface area contributed by atoms with Crippen molar-refractivity contribution in [2.75, 3.05) is 6.79 Å². The number of hydrogen-bond donors (Lipinski definition) is 1. The average Bonchev–Trinajstić information content (AvgIpc) is 3.36. The maximum atomic E-state index is 12.5. The van der Waals surface area contributed by atoms with Crippen molar-refractivity contribution in [3.8, 4) is 11.5 Å². The highest BCUT2D eigenvalue weighted by molar-refractivity contribution is 8.00. The Morgan fingerprint density at radius 3 is 2.86 bits per heavy atom. The van der Waals surface area contributed by atoms with E-state index in [0.29, 0.717) is 24.0 Å². The van der Waals surface area contributed by atoms with Crippen LogP contribution in [-0.2, 0) is 17.9 Å². The van der Waals surface area contributed by atoms with E-state index in [1.807, 2.05) is 55.5 Å². The van der Waals surface area contributed by atoms with Crippen LogP contribution in [0, 0.1) is 0 Å². The summed E-state index contributed by atoms with van der Waals surface area (Å²) in [6.45, 7) is 3.04. The van der Waals surface area contributed by atoms with E-state index in [2.05, 4.69) is 20.8 Å². The van der Waals surface area contributed by atoms with E-state index in [4.69, 9.17) is 9.47 Å². The van der Waals surface area contributed by atoms with Crippen LogP contribution >= 0.6 is 11.8 Å². The number of ether oxygens (including phenoxy) is 2. The number of carbonyl (C=O) groups excluding carboxylic acids is 1. The van der Waals surface area contributed by atoms with E-state index in [0.717, 1.165) is 16.9 Å². The second-order valence-corrected chi connectivity index (χ2v) is 7.58. The minimum Gasteiger partial charge on any atom is -0.454 e. The summed E-state index contributed by atoms with van der Waals surface area (Å²) >= 11 is 1.33. The molecule has 4 rings (SSSR count). The van der Waals surface area contributed by atoms with Gasteiger partial charge in [-0.25, -0.2) is 4.68 Å². The molecule has 144 valence electrons. The molecule has 0 saturated carbocycles. The summed E-state index contributed by atoms with van der Waals surface area (Å²) in [5.41, 5.74) is 2.04. The van der Waals surface area contributed by atoms with Crippen molar-refractivity contribution in [3.05, 3.63) is 59.7 Å². The van der Waals surface area contributed by atoms with Crippen LogP contribution in [-0.4, -0.2) is 38.2 Å². The number of tetrazole rings is 1. The van der Waals surface area contributed by atoms with Crippen molar-refractivity contribution in [1.29, 1.82) is 0 Å². The number of carbonyl (C=O) groups is 1. The standard InChI is InChI=1S/C19H19N5O3S/c1-13(18(25)20-10-15-7-8-16-17(9-15)27-12-26-16)28-19-21-22-23-24(19)11-14-5-3-2-4-6-14/h2-9,13H,10-12H2,1H3,(H,20,25)/t13-/m0/s1. The van der Waals surface area contributed by atoms with Gasteiger partial charge in [0.1, 0.15) is 0 Å². The van der Waals surface area contributed by atoms with Gasteiger partial charge >= 0.3 is 0 Å². The summed E-state index contributed by atoms with van der Waals surface area (Å²) < 4.78 is 12.4. The van der Waals surface area contributed by atoms with Crippen LogP contribution in [0.1, 0.15) is 18.1 Å². The number of amides is 1. The third kappa shape index (κ3) is 4.25. The van der Waals surface area contributed by atoms with Crippen LogP contribution < -0.4 is 14.8 Å². The molecule has 3 aromatic rings. The molecule has 0 radical (unpaired) electrons. The molecule has 1 atom stereocenters. The summed E-state index contributed by atoms with van der Waals surface area (Å²) in [6, 6.07) is 15.6. The van der Waals surface area contributed by atoms with Gasteiger partial charge in [0.05, 0.1) is 11.8 Å². The fourth-order valence-electron chi connectivity index (χ4n) is 2.73. The number of nitrogens with one attached hydrogen (secondary N) is 1. The van der Waals surface area contributed by atoms with Gasteiger partial charge in [-0.1, -0.05) is 48.2 Å². The lowest BCUT2D eigenvalue weighted by atomic mass is 10.2. The van der Waals surface area contributed by atoms with Gasteiger partial charge in [-0.3, -0.25) is 4.79 Å². The lowest BCUT2D eigenvalue weighted by molar-refractivity contribution is -0.120. The Morgan fingerprint density at radius 1 is 1.18 bits per heavy atom. The molecule has 0 saturated heterocycles. The molecule has 0 spiro atoms. The lowest BCUT2D eigenvalue weighted by Gasteiger charge is -2.12. The van der Waals surface area contributed by atoms with Crippen molar-refractivity contribution in [2.24, 2.45) is 0 Å². The fourth-order valence-corrected chi connectivity index (χ4v) is 3.54. The highest BCUT2D eigenvalue weighted by Gasteiger charge is 2.19. The molecule has 2 heterocycles. The molecule has 1 aromatic heterocycles. The molecular weight excluding hydrogens is 378 g/mol. The SMILES string of the molecule is C[C@H](Sc1nnnn1Cc1ccccc1)C(=O)NCc1ccc2c(c1)OCO2. The predicted octanol–water partition coefficient (Wildman–Crippen LogP) is 2.25. The fraction of sp³-hybridized carbons (Fsp3) is 0.263. The molecule has 9 heteroatoms. The summed E-state index contributed by atoms with van der Waals surface area (Å²) in [7, 11) is 0. The van der Waals surface area contributed by atoms with E-state index in [-0.39, 0.29) is 18.0 Å². The molecule has 0 aliphatic carbocycles. The average molecular weight is 397 g/mol. The van der Waals surface area contributed by atoms with E-state index in [9.17, 15) is 4.79 Å². The smallest absolute Gasteiger partial charge is 0.233 e. The summed E-state index contributed by atoms with van der Waals surface area (Å²) in [6.07, 6.45) is 0. The Morgan fingerprint density at radius 2 is 2.00 bits per heavy atom. The molecule has 1 amide bonds. The van der Waals surface area contributed by atoms with E-state index in [1.165, 1.54) is 11.8 Å². The van der Waals surface area contributed by atoms with Gasteiger partial charge in [-0.05, 0) is 40.6 Å². The van der Waals surface area contributed by atoms with E-state index < -0.39 is 0 Å². The number of nitrogens with zero attached hydrogens (tertiary/aromatic N) is 4. The van der Waals surface area contributed by atoms with Gasteiger partial charge in [0.2, 0.25) is 17.9 Å². The van der Waals surface area contributed by atoms with Gasteiger partial charge in [0.15, 0.2) is 11.5 Å². The molecule has 2 aromatic carbocycles. The van der Waals surface area contributed by atoms with Crippen molar-refractivity contribution in [3.63, 3.8) is 0 Å². The monoisotopic (exact) mass is 397 g/mol.